The van der Waals surface area contributed by atoms with Gasteiger partial charge in [0.15, 0.2) is 17.6 Å². The van der Waals surface area contributed by atoms with Gasteiger partial charge in [0.25, 0.3) is 0 Å². The van der Waals surface area contributed by atoms with Gasteiger partial charge in [0.05, 0.1) is 18.7 Å². The molecule has 0 fully saturated rings. The van der Waals surface area contributed by atoms with Gasteiger partial charge in [0, 0.05) is 28.3 Å². The van der Waals surface area contributed by atoms with Crippen molar-refractivity contribution in [2.24, 2.45) is 0 Å². The number of nitrogens with zero attached hydrogens (tertiary/aromatic N) is 2. The lowest BCUT2D eigenvalue weighted by Crippen LogP contribution is -2.52. The first kappa shape index (κ1) is 26.1. The van der Waals surface area contributed by atoms with Gasteiger partial charge in [-0.1, -0.05) is 18.2 Å². The third kappa shape index (κ3) is 5.98. The average Bonchev–Trinajstić information content (AvgIpc) is 2.90. The number of amides is 1. The van der Waals surface area contributed by atoms with E-state index in [1.165, 1.54) is 11.3 Å². The van der Waals surface area contributed by atoms with Gasteiger partial charge in [-0.15, -0.1) is 0 Å². The number of aryl methyl sites for hydroxylation is 2. The minimum Gasteiger partial charge on any atom is -0.486 e. The molecule has 0 spiro atoms. The van der Waals surface area contributed by atoms with Gasteiger partial charge < -0.3 is 19.5 Å². The number of aromatic nitrogens is 1. The lowest BCUT2D eigenvalue weighted by molar-refractivity contribution is 0.0199. The summed E-state index contributed by atoms with van der Waals surface area (Å²) in [6, 6.07) is 16.9. The molecular weight excluding hydrogens is 478 g/mol. The minimum absolute atomic E-state index is 0.304. The molecule has 2 aliphatic rings. The predicted octanol–water partition coefficient (Wildman–Crippen LogP) is 6.52. The summed E-state index contributed by atoms with van der Waals surface area (Å²) < 4.78 is 18.1. The number of nitrogens with one attached hydrogen (secondary N) is 1. The van der Waals surface area contributed by atoms with E-state index in [9.17, 15) is 4.79 Å². The summed E-state index contributed by atoms with van der Waals surface area (Å²) in [7, 11) is 0. The first-order chi connectivity index (χ1) is 18.3. The molecule has 0 saturated carbocycles. The summed E-state index contributed by atoms with van der Waals surface area (Å²) in [6.07, 6.45) is 4.58. The van der Waals surface area contributed by atoms with Crippen LogP contribution in [-0.2, 0) is 11.2 Å². The second kappa shape index (κ2) is 11.1. The van der Waals surface area contributed by atoms with Gasteiger partial charge in [0.1, 0.15) is 6.61 Å². The number of carbonyl (C=O) groups excluding carboxylic acids is 1. The zero-order valence-electron chi connectivity index (χ0n) is 23.0. The number of pyridine rings is 1. The second-order valence-electron chi connectivity index (χ2n) is 11.4. The maximum atomic E-state index is 13.1. The van der Waals surface area contributed by atoms with E-state index in [-0.39, 0.29) is 12.2 Å². The number of fused-ring (bicyclic) bond motifs is 4. The Morgan fingerprint density at radius 1 is 1.13 bits per heavy atom. The number of para-hydroxylation sites is 1. The van der Waals surface area contributed by atoms with Crippen LogP contribution in [0.25, 0.3) is 10.9 Å². The Kier molecular flexibility index (Phi) is 7.63. The van der Waals surface area contributed by atoms with Crippen LogP contribution in [0.2, 0.25) is 0 Å². The van der Waals surface area contributed by atoms with E-state index in [0.717, 1.165) is 48.7 Å². The third-order valence-electron chi connectivity index (χ3n) is 7.36. The molecular formula is C31H39N3O4. The van der Waals surface area contributed by atoms with Gasteiger partial charge in [0.2, 0.25) is 0 Å². The first-order valence-electron chi connectivity index (χ1n) is 13.8. The summed E-state index contributed by atoms with van der Waals surface area (Å²) in [4.78, 5) is 19.5. The first-order valence-corrected chi connectivity index (χ1v) is 13.8. The van der Waals surface area contributed by atoms with E-state index >= 15 is 0 Å². The van der Waals surface area contributed by atoms with E-state index < -0.39 is 5.54 Å². The van der Waals surface area contributed by atoms with Gasteiger partial charge in [-0.3, -0.25) is 9.88 Å². The van der Waals surface area contributed by atoms with Crippen LogP contribution in [0.3, 0.4) is 0 Å². The number of carbonyl (C=O) groups is 1. The fourth-order valence-electron chi connectivity index (χ4n) is 5.24. The zero-order valence-corrected chi connectivity index (χ0v) is 23.0. The summed E-state index contributed by atoms with van der Waals surface area (Å²) in [5.41, 5.74) is 4.06. The molecule has 5 rings (SSSR count). The highest BCUT2D eigenvalue weighted by Gasteiger charge is 2.33. The van der Waals surface area contributed by atoms with E-state index in [1.807, 2.05) is 52.0 Å². The topological polar surface area (TPSA) is 72.9 Å². The van der Waals surface area contributed by atoms with Gasteiger partial charge in [-0.2, -0.15) is 0 Å². The Bertz CT molecular complexity index is 1290. The van der Waals surface area contributed by atoms with E-state index in [0.29, 0.717) is 37.3 Å². The fourth-order valence-corrected chi connectivity index (χ4v) is 5.24. The second-order valence-corrected chi connectivity index (χ2v) is 11.4. The average molecular weight is 518 g/mol. The highest BCUT2D eigenvalue weighted by Crippen LogP contribution is 2.38. The van der Waals surface area contributed by atoms with Crippen molar-refractivity contribution in [3.63, 3.8) is 0 Å². The third-order valence-corrected chi connectivity index (χ3v) is 7.36. The maximum Gasteiger partial charge on any atom is 0.410 e. The Morgan fingerprint density at radius 2 is 1.97 bits per heavy atom. The number of hydrogen-bond donors (Lipinski definition) is 1. The van der Waals surface area contributed by atoms with Crippen LogP contribution < -0.4 is 14.8 Å². The Balaban J connectivity index is 1.13. The molecule has 0 saturated heterocycles. The van der Waals surface area contributed by atoms with Crippen molar-refractivity contribution in [1.29, 1.82) is 0 Å². The Labute approximate surface area is 225 Å². The number of ether oxygens (including phenoxy) is 3. The van der Waals surface area contributed by atoms with Gasteiger partial charge in [-0.25, -0.2) is 4.79 Å². The number of hydrogen-bond acceptors (Lipinski definition) is 6. The highest BCUT2D eigenvalue weighted by molar-refractivity contribution is 5.88. The minimum atomic E-state index is -0.419. The molecule has 2 aliphatic heterocycles. The molecule has 3 aromatic rings. The largest absolute Gasteiger partial charge is 0.486 e. The van der Waals surface area contributed by atoms with Crippen LogP contribution in [0.5, 0.6) is 11.5 Å². The molecule has 7 heteroatoms. The normalized spacial score (nSPS) is 18.4. The van der Waals surface area contributed by atoms with Gasteiger partial charge >= 0.3 is 6.09 Å². The molecule has 7 nitrogen and oxygen atoms in total. The maximum absolute atomic E-state index is 13.1. The monoisotopic (exact) mass is 517 g/mol. The molecule has 0 radical (unpaired) electrons. The van der Waals surface area contributed by atoms with Gasteiger partial charge in [-0.05, 0) is 95.7 Å². The van der Waals surface area contributed by atoms with E-state index in [1.54, 1.807) is 4.90 Å². The number of unbranched alkanes of at least 4 members (excludes halogenated alkanes) is 1. The summed E-state index contributed by atoms with van der Waals surface area (Å²) in [6.45, 7) is 9.17. The van der Waals surface area contributed by atoms with Crippen molar-refractivity contribution in [1.82, 2.24) is 9.88 Å². The quantitative estimate of drug-likeness (QED) is 0.360. The summed E-state index contributed by atoms with van der Waals surface area (Å²) in [5, 5.41) is 4.57. The Hall–Kier alpha value is -3.48. The lowest BCUT2D eigenvalue weighted by atomic mass is 9.95. The molecule has 0 aliphatic carbocycles. The number of rotatable bonds is 7. The molecule has 2 atom stereocenters. The molecule has 3 heterocycles. The molecule has 2 aromatic carbocycles. The van der Waals surface area contributed by atoms with Crippen molar-refractivity contribution < 1.29 is 19.0 Å². The summed E-state index contributed by atoms with van der Waals surface area (Å²) in [5.74, 6) is 1.40. The molecule has 0 bridgehead atoms. The molecule has 202 valence electrons. The van der Waals surface area contributed by atoms with Crippen LogP contribution in [-0.4, -0.2) is 53.4 Å². The molecule has 1 amide bonds. The van der Waals surface area contributed by atoms with E-state index in [2.05, 4.69) is 34.6 Å². The van der Waals surface area contributed by atoms with Crippen LogP contribution in [0, 0.1) is 6.92 Å². The standard InChI is InChI=1S/C31H39N3O4/c1-21-12-15-25-27(32-21)16-17-28-29(25)38-24(20-37-28)19-34(31(2,3)4)30(35)36-18-8-7-10-23-14-13-22-9-5-6-11-26(22)33-23/h5-6,9,11-12,15-17,23-24,33H,7-8,10,13-14,18-20H2,1-4H3/t23?,24-/m0/s1. The molecule has 1 N–H and O–H groups in total. The van der Waals surface area contributed by atoms with Crippen molar-refractivity contribution >= 4 is 22.7 Å². The molecule has 1 aromatic heterocycles. The highest BCUT2D eigenvalue weighted by atomic mass is 16.6. The van der Waals surface area contributed by atoms with Crippen molar-refractivity contribution in [3.8, 4) is 11.5 Å². The lowest BCUT2D eigenvalue weighted by Gasteiger charge is -2.38. The predicted molar refractivity (Wildman–Crippen MR) is 150 cm³/mol. The number of benzene rings is 2. The Morgan fingerprint density at radius 3 is 2.82 bits per heavy atom. The van der Waals surface area contributed by atoms with Crippen LogP contribution >= 0.6 is 0 Å². The van der Waals surface area contributed by atoms with Crippen LogP contribution in [0.4, 0.5) is 10.5 Å². The molecule has 38 heavy (non-hydrogen) atoms. The van der Waals surface area contributed by atoms with Crippen LogP contribution in [0.15, 0.2) is 48.5 Å². The SMILES string of the molecule is Cc1ccc2c3c(ccc2n1)OC[C@H](CN(C(=O)OCCCCC1CCc2ccccc2N1)C(C)(C)C)O3. The van der Waals surface area contributed by atoms with E-state index in [4.69, 9.17) is 14.2 Å². The van der Waals surface area contributed by atoms with Crippen molar-refractivity contribution in [3.05, 3.63) is 59.8 Å². The number of anilines is 1. The zero-order chi connectivity index (χ0) is 26.7. The van der Waals surface area contributed by atoms with Crippen molar-refractivity contribution in [2.45, 2.75) is 77.5 Å². The fraction of sp³-hybridized carbons (Fsp3) is 0.484. The van der Waals surface area contributed by atoms with Crippen molar-refractivity contribution in [2.75, 3.05) is 25.1 Å². The summed E-state index contributed by atoms with van der Waals surface area (Å²) >= 11 is 0. The molecule has 1 unspecified atom stereocenters. The van der Waals surface area contributed by atoms with Crippen LogP contribution in [0.1, 0.15) is 57.7 Å². The smallest absolute Gasteiger partial charge is 0.410 e.